The molecule has 2 aromatic heterocycles. The number of nitrogens with one attached hydrogen (secondary N) is 1. The second-order valence-electron chi connectivity index (χ2n) is 9.81. The van der Waals surface area contributed by atoms with Gasteiger partial charge in [-0.2, -0.15) is 0 Å². The Hall–Kier alpha value is -3.40. The Kier molecular flexibility index (Phi) is 5.58. The zero-order valence-corrected chi connectivity index (χ0v) is 20.7. The van der Waals surface area contributed by atoms with Crippen LogP contribution in [-0.2, 0) is 4.74 Å². The van der Waals surface area contributed by atoms with Crippen LogP contribution in [0, 0.1) is 5.82 Å². The molecule has 0 bridgehead atoms. The van der Waals surface area contributed by atoms with Crippen molar-refractivity contribution in [1.29, 1.82) is 0 Å². The van der Waals surface area contributed by atoms with E-state index in [0.717, 1.165) is 12.2 Å². The Morgan fingerprint density at radius 3 is 2.66 bits per heavy atom. The molecule has 184 valence electrons. The smallest absolute Gasteiger partial charge is 0.410 e. The number of hydrogen-bond acceptors (Lipinski definition) is 8. The van der Waals surface area contributed by atoms with E-state index in [9.17, 15) is 9.18 Å². The molecule has 4 heterocycles. The van der Waals surface area contributed by atoms with Gasteiger partial charge in [0.25, 0.3) is 0 Å². The fourth-order valence-electron chi connectivity index (χ4n) is 4.40. The second kappa shape index (κ2) is 8.37. The topological polar surface area (TPSA) is 92.7 Å². The van der Waals surface area contributed by atoms with Crippen molar-refractivity contribution >= 4 is 46.1 Å². The van der Waals surface area contributed by atoms with E-state index in [2.05, 4.69) is 20.2 Å². The molecule has 0 saturated carbocycles. The highest BCUT2D eigenvalue weighted by Gasteiger charge is 2.56. The number of hydrogen-bond donors (Lipinski definition) is 1. The van der Waals surface area contributed by atoms with Gasteiger partial charge < -0.3 is 19.7 Å². The number of carbonyl (C=O) groups excluding carboxylic acids is 1. The van der Waals surface area contributed by atoms with Gasteiger partial charge in [-0.05, 0) is 45.4 Å². The lowest BCUT2D eigenvalue weighted by Crippen LogP contribution is -2.78. The van der Waals surface area contributed by atoms with E-state index in [0.29, 0.717) is 36.5 Å². The lowest BCUT2D eigenvalue weighted by molar-refractivity contribution is -0.0562. The summed E-state index contributed by atoms with van der Waals surface area (Å²) in [6, 6.07) is 6.38. The first-order valence-electron chi connectivity index (χ1n) is 11.3. The molecule has 1 spiro atoms. The van der Waals surface area contributed by atoms with Crippen molar-refractivity contribution in [3.8, 4) is 5.75 Å². The first-order chi connectivity index (χ1) is 16.6. The van der Waals surface area contributed by atoms with E-state index in [-0.39, 0.29) is 28.1 Å². The van der Waals surface area contributed by atoms with Crippen LogP contribution in [0.1, 0.15) is 27.2 Å². The van der Waals surface area contributed by atoms with Crippen molar-refractivity contribution in [3.05, 3.63) is 41.4 Å². The Bertz CT molecular complexity index is 1310. The van der Waals surface area contributed by atoms with Crippen LogP contribution in [0.15, 0.2) is 30.6 Å². The fourth-order valence-corrected chi connectivity index (χ4v) is 4.64. The molecule has 0 atom stereocenters. The Balaban J connectivity index is 1.36. The van der Waals surface area contributed by atoms with Gasteiger partial charge in [-0.15, -0.1) is 0 Å². The third-order valence-corrected chi connectivity index (χ3v) is 6.54. The van der Waals surface area contributed by atoms with Crippen LogP contribution in [0.25, 0.3) is 11.0 Å². The number of likely N-dealkylation sites (tertiary alicyclic amines) is 1. The average molecular weight is 501 g/mol. The third-order valence-electron chi connectivity index (χ3n) is 6.24. The lowest BCUT2D eigenvalue weighted by Gasteiger charge is -2.62. The maximum absolute atomic E-state index is 14.6. The Labute approximate surface area is 207 Å². The summed E-state index contributed by atoms with van der Waals surface area (Å²) in [7, 11) is 1.42. The molecule has 9 nitrogen and oxygen atoms in total. The fraction of sp³-hybridized carbons (Fsp3) is 0.417. The van der Waals surface area contributed by atoms with Gasteiger partial charge in [-0.3, -0.25) is 4.90 Å². The molecule has 2 fully saturated rings. The molecule has 2 aliphatic heterocycles. The molecule has 0 aliphatic carbocycles. The predicted molar refractivity (Wildman–Crippen MR) is 131 cm³/mol. The predicted octanol–water partition coefficient (Wildman–Crippen LogP) is 4.77. The number of pyridine rings is 1. The monoisotopic (exact) mass is 500 g/mol. The number of fused-ring (bicyclic) bond motifs is 1. The van der Waals surface area contributed by atoms with Crippen LogP contribution in [0.2, 0.25) is 5.02 Å². The van der Waals surface area contributed by atoms with Crippen LogP contribution in [0.3, 0.4) is 0 Å². The molecule has 1 N–H and O–H groups in total. The number of ether oxygens (including phenoxy) is 2. The summed E-state index contributed by atoms with van der Waals surface area (Å²) in [4.78, 5) is 29.8. The summed E-state index contributed by atoms with van der Waals surface area (Å²) >= 11 is 6.17. The normalized spacial score (nSPS) is 16.6. The summed E-state index contributed by atoms with van der Waals surface area (Å²) in [5.74, 6) is 0.786. The number of nitrogens with zero attached hydrogens (tertiary/aromatic N) is 5. The van der Waals surface area contributed by atoms with E-state index < -0.39 is 11.4 Å². The van der Waals surface area contributed by atoms with E-state index in [1.54, 1.807) is 0 Å². The number of aromatic nitrogens is 3. The van der Waals surface area contributed by atoms with Gasteiger partial charge in [0.2, 0.25) is 0 Å². The summed E-state index contributed by atoms with van der Waals surface area (Å²) in [6.07, 6.45) is 2.03. The second-order valence-corrected chi connectivity index (χ2v) is 10.2. The minimum absolute atomic E-state index is 0.147. The van der Waals surface area contributed by atoms with Crippen molar-refractivity contribution in [2.24, 2.45) is 0 Å². The van der Waals surface area contributed by atoms with Crippen molar-refractivity contribution < 1.29 is 18.7 Å². The number of amides is 1. The van der Waals surface area contributed by atoms with Crippen LogP contribution >= 0.6 is 11.6 Å². The molecule has 2 aliphatic rings. The van der Waals surface area contributed by atoms with E-state index in [4.69, 9.17) is 26.1 Å². The Morgan fingerprint density at radius 2 is 2.00 bits per heavy atom. The van der Waals surface area contributed by atoms with Gasteiger partial charge in [0, 0.05) is 25.7 Å². The number of rotatable bonds is 4. The molecule has 1 amide bonds. The molecule has 35 heavy (non-hydrogen) atoms. The zero-order valence-electron chi connectivity index (χ0n) is 19.9. The van der Waals surface area contributed by atoms with Gasteiger partial charge in [0.05, 0.1) is 28.9 Å². The number of halogens is 2. The summed E-state index contributed by atoms with van der Waals surface area (Å²) < 4.78 is 25.2. The largest absolute Gasteiger partial charge is 0.495 e. The highest BCUT2D eigenvalue weighted by atomic mass is 35.5. The summed E-state index contributed by atoms with van der Waals surface area (Å²) in [6.45, 7) is 7.59. The van der Waals surface area contributed by atoms with Gasteiger partial charge in [0.1, 0.15) is 34.8 Å². The number of methoxy groups -OCH3 is 1. The maximum atomic E-state index is 14.6. The van der Waals surface area contributed by atoms with Gasteiger partial charge in [-0.25, -0.2) is 24.1 Å². The summed E-state index contributed by atoms with van der Waals surface area (Å²) in [5.41, 5.74) is 0.494. The first kappa shape index (κ1) is 23.3. The molecule has 5 rings (SSSR count). The van der Waals surface area contributed by atoms with Crippen molar-refractivity contribution in [3.63, 3.8) is 0 Å². The first-order valence-corrected chi connectivity index (χ1v) is 11.6. The van der Waals surface area contributed by atoms with Gasteiger partial charge in [-0.1, -0.05) is 11.6 Å². The van der Waals surface area contributed by atoms with E-state index >= 15 is 0 Å². The minimum atomic E-state index is -0.536. The Morgan fingerprint density at radius 1 is 1.23 bits per heavy atom. The standard InChI is InChI=1S/C24H26ClFN6O3/c1-23(2,3)35-22(33)32-8-7-24(32)11-31(12-24)19-6-5-16-20(30-19)21(28-13-27-16)29-17-9-14(25)18(34-4)10-15(17)26/h5-6,9-10,13H,7-8,11-12H2,1-4H3,(H,27,28,29). The highest BCUT2D eigenvalue weighted by Crippen LogP contribution is 2.42. The minimum Gasteiger partial charge on any atom is -0.495 e. The van der Waals surface area contributed by atoms with E-state index in [1.807, 2.05) is 37.8 Å². The quantitative estimate of drug-likeness (QED) is 0.547. The molecule has 2 saturated heterocycles. The highest BCUT2D eigenvalue weighted by molar-refractivity contribution is 6.32. The van der Waals surface area contributed by atoms with Crippen LogP contribution in [-0.4, -0.2) is 63.8 Å². The van der Waals surface area contributed by atoms with Gasteiger partial charge in [0.15, 0.2) is 5.82 Å². The van der Waals surface area contributed by atoms with Gasteiger partial charge >= 0.3 is 6.09 Å². The molecule has 1 aromatic carbocycles. The molecular formula is C24H26ClFN6O3. The van der Waals surface area contributed by atoms with Crippen molar-refractivity contribution in [2.75, 3.05) is 37.0 Å². The lowest BCUT2D eigenvalue weighted by atomic mass is 9.78. The molecule has 3 aromatic rings. The molecular weight excluding hydrogens is 475 g/mol. The zero-order chi connectivity index (χ0) is 25.0. The van der Waals surface area contributed by atoms with Crippen LogP contribution < -0.4 is 15.0 Å². The third kappa shape index (κ3) is 4.27. The maximum Gasteiger partial charge on any atom is 0.410 e. The van der Waals surface area contributed by atoms with E-state index in [1.165, 1.54) is 25.6 Å². The number of benzene rings is 1. The SMILES string of the molecule is COc1cc(F)c(Nc2ncnc3ccc(N4CC5(CCN5C(=O)OC(C)(C)C)C4)nc23)cc1Cl. The average Bonchev–Trinajstić information content (AvgIpc) is 2.73. The molecule has 0 unspecified atom stereocenters. The number of anilines is 3. The van der Waals surface area contributed by atoms with Crippen LogP contribution in [0.5, 0.6) is 5.75 Å². The molecule has 0 radical (unpaired) electrons. The summed E-state index contributed by atoms with van der Waals surface area (Å²) in [5, 5.41) is 3.24. The number of carbonyl (C=O) groups is 1. The molecule has 11 heteroatoms. The van der Waals surface area contributed by atoms with Crippen molar-refractivity contribution in [1.82, 2.24) is 19.9 Å². The van der Waals surface area contributed by atoms with Crippen LogP contribution in [0.4, 0.5) is 26.5 Å². The van der Waals surface area contributed by atoms with Crippen molar-refractivity contribution in [2.45, 2.75) is 38.3 Å².